The van der Waals surface area contributed by atoms with Gasteiger partial charge in [-0.15, -0.1) is 0 Å². The molecule has 1 aliphatic heterocycles. The monoisotopic (exact) mass is 379 g/mol. The lowest BCUT2D eigenvalue weighted by Crippen LogP contribution is -2.52. The molecule has 0 aromatic heterocycles. The Balaban J connectivity index is 1.51. The third-order valence-corrected chi connectivity index (χ3v) is 4.92. The zero-order chi connectivity index (χ0) is 19.8. The summed E-state index contributed by atoms with van der Waals surface area (Å²) in [5.41, 5.74) is 3.08. The molecule has 1 amide bonds. The summed E-state index contributed by atoms with van der Waals surface area (Å²) < 4.78 is 0. The summed E-state index contributed by atoms with van der Waals surface area (Å²) in [6.45, 7) is 7.06. The fourth-order valence-corrected chi connectivity index (χ4v) is 3.37. The lowest BCUT2D eigenvalue weighted by Gasteiger charge is -2.37. The van der Waals surface area contributed by atoms with Crippen LogP contribution in [0.25, 0.3) is 0 Å². The van der Waals surface area contributed by atoms with E-state index in [0.717, 1.165) is 37.7 Å². The number of benzene rings is 2. The quantitative estimate of drug-likeness (QED) is 0.618. The first-order valence-corrected chi connectivity index (χ1v) is 9.84. The highest BCUT2D eigenvalue weighted by molar-refractivity contribution is 5.94. The lowest BCUT2D eigenvalue weighted by molar-refractivity contribution is 0.0956. The van der Waals surface area contributed by atoms with Gasteiger partial charge >= 0.3 is 0 Å². The molecule has 1 heterocycles. The van der Waals surface area contributed by atoms with Crippen molar-refractivity contribution in [1.82, 2.24) is 15.5 Å². The number of hydrogen-bond acceptors (Lipinski definition) is 3. The van der Waals surface area contributed by atoms with Gasteiger partial charge in [-0.3, -0.25) is 9.79 Å². The first-order valence-electron chi connectivity index (χ1n) is 9.84. The second-order valence-corrected chi connectivity index (χ2v) is 6.77. The van der Waals surface area contributed by atoms with Gasteiger partial charge in [0.15, 0.2) is 5.96 Å². The van der Waals surface area contributed by atoms with Crippen LogP contribution in [0.3, 0.4) is 0 Å². The van der Waals surface area contributed by atoms with Crippen molar-refractivity contribution in [2.75, 3.05) is 44.7 Å². The van der Waals surface area contributed by atoms with Crippen molar-refractivity contribution in [3.05, 3.63) is 65.7 Å². The average Bonchev–Trinajstić information content (AvgIpc) is 2.76. The van der Waals surface area contributed by atoms with Gasteiger partial charge in [-0.25, -0.2) is 0 Å². The van der Waals surface area contributed by atoms with Crippen LogP contribution in [-0.4, -0.2) is 56.5 Å². The largest absolute Gasteiger partial charge is 0.368 e. The molecule has 6 nitrogen and oxygen atoms in total. The van der Waals surface area contributed by atoms with Gasteiger partial charge in [0, 0.05) is 57.6 Å². The Morgan fingerprint density at radius 2 is 1.64 bits per heavy atom. The van der Waals surface area contributed by atoms with E-state index >= 15 is 0 Å². The van der Waals surface area contributed by atoms with E-state index in [1.807, 2.05) is 44.3 Å². The molecule has 6 heteroatoms. The number of hydrogen-bond donors (Lipinski definition) is 2. The number of carbonyl (C=O) groups excluding carboxylic acids is 1. The Labute approximate surface area is 167 Å². The second-order valence-electron chi connectivity index (χ2n) is 6.77. The van der Waals surface area contributed by atoms with E-state index in [4.69, 9.17) is 0 Å². The van der Waals surface area contributed by atoms with E-state index in [-0.39, 0.29) is 5.91 Å². The van der Waals surface area contributed by atoms with Crippen LogP contribution in [0.2, 0.25) is 0 Å². The number of rotatable bonds is 5. The van der Waals surface area contributed by atoms with E-state index in [1.165, 1.54) is 5.69 Å². The molecule has 0 radical (unpaired) electrons. The van der Waals surface area contributed by atoms with Crippen LogP contribution in [-0.2, 0) is 6.54 Å². The van der Waals surface area contributed by atoms with Crippen LogP contribution >= 0.6 is 0 Å². The molecule has 0 unspecified atom stereocenters. The van der Waals surface area contributed by atoms with Gasteiger partial charge < -0.3 is 20.4 Å². The summed E-state index contributed by atoms with van der Waals surface area (Å²) in [4.78, 5) is 21.0. The predicted molar refractivity (Wildman–Crippen MR) is 115 cm³/mol. The van der Waals surface area contributed by atoms with Crippen LogP contribution in [0.1, 0.15) is 22.8 Å². The van der Waals surface area contributed by atoms with E-state index in [9.17, 15) is 4.79 Å². The third kappa shape index (κ3) is 5.03. The maximum atomic E-state index is 11.8. The Hall–Kier alpha value is -3.02. The van der Waals surface area contributed by atoms with Gasteiger partial charge in [-0.05, 0) is 36.8 Å². The number of piperazine rings is 1. The molecule has 28 heavy (non-hydrogen) atoms. The van der Waals surface area contributed by atoms with Crippen molar-refractivity contribution in [2.24, 2.45) is 4.99 Å². The number of aliphatic imine (C=N–C) groups is 1. The molecule has 0 saturated carbocycles. The van der Waals surface area contributed by atoms with E-state index in [1.54, 1.807) is 0 Å². The predicted octanol–water partition coefficient (Wildman–Crippen LogP) is 2.33. The highest BCUT2D eigenvalue weighted by atomic mass is 16.1. The summed E-state index contributed by atoms with van der Waals surface area (Å²) in [6, 6.07) is 18.2. The number of guanidine groups is 1. The van der Waals surface area contributed by atoms with Crippen molar-refractivity contribution in [3.63, 3.8) is 0 Å². The van der Waals surface area contributed by atoms with Crippen molar-refractivity contribution in [2.45, 2.75) is 13.5 Å². The standard InChI is InChI=1S/C22H29N5O/c1-3-24-21(28)19-11-9-18(10-12-19)17-25-22(23-2)27-15-13-26(14-16-27)20-7-5-4-6-8-20/h4-12H,3,13-17H2,1-2H3,(H,23,25)(H,24,28). The minimum absolute atomic E-state index is 0.0332. The first kappa shape index (κ1) is 19.7. The fourth-order valence-electron chi connectivity index (χ4n) is 3.37. The molecule has 2 aromatic rings. The van der Waals surface area contributed by atoms with Crippen LogP contribution in [0, 0.1) is 0 Å². The summed E-state index contributed by atoms with van der Waals surface area (Å²) in [5, 5.41) is 6.26. The second kappa shape index (κ2) is 9.78. The zero-order valence-electron chi connectivity index (χ0n) is 16.7. The molecule has 0 aliphatic carbocycles. The number of para-hydroxylation sites is 1. The first-order chi connectivity index (χ1) is 13.7. The number of nitrogens with one attached hydrogen (secondary N) is 2. The highest BCUT2D eigenvalue weighted by Gasteiger charge is 2.19. The Bertz CT molecular complexity index is 780. The molecule has 2 N–H and O–H groups in total. The minimum Gasteiger partial charge on any atom is -0.368 e. The van der Waals surface area contributed by atoms with Crippen molar-refractivity contribution < 1.29 is 4.79 Å². The third-order valence-electron chi connectivity index (χ3n) is 4.92. The summed E-state index contributed by atoms with van der Waals surface area (Å²) >= 11 is 0. The van der Waals surface area contributed by atoms with Crippen molar-refractivity contribution in [3.8, 4) is 0 Å². The maximum absolute atomic E-state index is 11.8. The number of anilines is 1. The van der Waals surface area contributed by atoms with E-state index in [0.29, 0.717) is 18.7 Å². The highest BCUT2D eigenvalue weighted by Crippen LogP contribution is 2.15. The molecule has 148 valence electrons. The molecule has 1 aliphatic rings. The van der Waals surface area contributed by atoms with Crippen LogP contribution < -0.4 is 15.5 Å². The van der Waals surface area contributed by atoms with E-state index < -0.39 is 0 Å². The number of carbonyl (C=O) groups is 1. The average molecular weight is 380 g/mol. The van der Waals surface area contributed by atoms with Crippen molar-refractivity contribution >= 4 is 17.6 Å². The number of nitrogens with zero attached hydrogens (tertiary/aromatic N) is 3. The fraction of sp³-hybridized carbons (Fsp3) is 0.364. The molecule has 0 bridgehead atoms. The summed E-state index contributed by atoms with van der Waals surface area (Å²) in [5.74, 6) is 0.884. The minimum atomic E-state index is -0.0332. The van der Waals surface area contributed by atoms with E-state index in [2.05, 4.69) is 49.7 Å². The molecular formula is C22H29N5O. The normalized spacial score (nSPS) is 14.7. The molecule has 1 saturated heterocycles. The molecule has 0 spiro atoms. The van der Waals surface area contributed by atoms with Gasteiger partial charge in [-0.1, -0.05) is 30.3 Å². The lowest BCUT2D eigenvalue weighted by atomic mass is 10.1. The smallest absolute Gasteiger partial charge is 0.251 e. The summed E-state index contributed by atoms with van der Waals surface area (Å²) in [7, 11) is 1.82. The Kier molecular flexibility index (Phi) is 6.89. The Morgan fingerprint density at radius 1 is 0.964 bits per heavy atom. The zero-order valence-corrected chi connectivity index (χ0v) is 16.7. The topological polar surface area (TPSA) is 60.0 Å². The van der Waals surface area contributed by atoms with Crippen LogP contribution in [0.5, 0.6) is 0 Å². The van der Waals surface area contributed by atoms with Crippen LogP contribution in [0.4, 0.5) is 5.69 Å². The van der Waals surface area contributed by atoms with Gasteiger partial charge in [-0.2, -0.15) is 0 Å². The molecule has 1 fully saturated rings. The summed E-state index contributed by atoms with van der Waals surface area (Å²) in [6.07, 6.45) is 0. The van der Waals surface area contributed by atoms with Gasteiger partial charge in [0.05, 0.1) is 0 Å². The molecular weight excluding hydrogens is 350 g/mol. The Morgan fingerprint density at radius 3 is 2.25 bits per heavy atom. The van der Waals surface area contributed by atoms with Gasteiger partial charge in [0.25, 0.3) is 5.91 Å². The van der Waals surface area contributed by atoms with Crippen LogP contribution in [0.15, 0.2) is 59.6 Å². The molecule has 2 aromatic carbocycles. The molecule has 3 rings (SSSR count). The molecule has 0 atom stereocenters. The number of amides is 1. The van der Waals surface area contributed by atoms with Gasteiger partial charge in [0.2, 0.25) is 0 Å². The van der Waals surface area contributed by atoms with Gasteiger partial charge in [0.1, 0.15) is 0 Å². The SMILES string of the molecule is CCNC(=O)c1ccc(CNC(=NC)N2CCN(c3ccccc3)CC2)cc1. The maximum Gasteiger partial charge on any atom is 0.251 e. The van der Waals surface area contributed by atoms with Crippen molar-refractivity contribution in [1.29, 1.82) is 0 Å².